The molecule has 1 saturated heterocycles. The van der Waals surface area contributed by atoms with E-state index >= 15 is 0 Å². The van der Waals surface area contributed by atoms with Crippen LogP contribution in [-0.2, 0) is 9.53 Å². The molecule has 1 heterocycles. The molecule has 2 aliphatic rings. The molecule has 6 nitrogen and oxygen atoms in total. The molecule has 2 rings (SSSR count). The first-order chi connectivity index (χ1) is 10.1. The average Bonchev–Trinajstić information content (AvgIpc) is 2.94. The summed E-state index contributed by atoms with van der Waals surface area (Å²) < 4.78 is 5.15. The molecular weight excluding hydrogens is 272 g/mol. The Hall–Kier alpha value is -1.30. The highest BCUT2D eigenvalue weighted by Crippen LogP contribution is 2.31. The Morgan fingerprint density at radius 2 is 1.95 bits per heavy atom. The van der Waals surface area contributed by atoms with Crippen molar-refractivity contribution in [1.29, 1.82) is 0 Å². The highest BCUT2D eigenvalue weighted by molar-refractivity contribution is 5.74. The molecule has 1 aliphatic heterocycles. The Morgan fingerprint density at radius 1 is 1.24 bits per heavy atom. The lowest BCUT2D eigenvalue weighted by molar-refractivity contribution is -0.142. The van der Waals surface area contributed by atoms with Gasteiger partial charge in [0, 0.05) is 33.4 Å². The predicted molar refractivity (Wildman–Crippen MR) is 78.0 cm³/mol. The standard InChI is InChI=1S/C15H26N2O4/c1-21-10-11-5-7-17(8-6-11)15(20)16-9-12-3-2-4-13(12)14(18)19/h11-13H,2-10H2,1H3,(H,16,20)(H,18,19). The number of hydrogen-bond donors (Lipinski definition) is 2. The molecule has 2 unspecified atom stereocenters. The molecule has 0 aromatic carbocycles. The van der Waals surface area contributed by atoms with Gasteiger partial charge >= 0.3 is 12.0 Å². The third-order valence-corrected chi connectivity index (χ3v) is 4.80. The van der Waals surface area contributed by atoms with Gasteiger partial charge in [0.25, 0.3) is 0 Å². The Kier molecular flexibility index (Phi) is 5.85. The quantitative estimate of drug-likeness (QED) is 0.807. The molecule has 21 heavy (non-hydrogen) atoms. The number of aliphatic carboxylic acids is 1. The van der Waals surface area contributed by atoms with Crippen LogP contribution in [0.5, 0.6) is 0 Å². The molecule has 120 valence electrons. The molecule has 2 N–H and O–H groups in total. The van der Waals surface area contributed by atoms with Crippen molar-refractivity contribution >= 4 is 12.0 Å². The molecule has 2 atom stereocenters. The smallest absolute Gasteiger partial charge is 0.317 e. The van der Waals surface area contributed by atoms with Crippen molar-refractivity contribution in [3.05, 3.63) is 0 Å². The number of amides is 2. The van der Waals surface area contributed by atoms with Crippen LogP contribution in [0.15, 0.2) is 0 Å². The zero-order valence-corrected chi connectivity index (χ0v) is 12.7. The van der Waals surface area contributed by atoms with Crippen LogP contribution in [0.1, 0.15) is 32.1 Å². The van der Waals surface area contributed by atoms with E-state index in [0.29, 0.717) is 12.5 Å². The monoisotopic (exact) mass is 298 g/mol. The van der Waals surface area contributed by atoms with Crippen molar-refractivity contribution in [3.63, 3.8) is 0 Å². The van der Waals surface area contributed by atoms with Crippen molar-refractivity contribution < 1.29 is 19.4 Å². The number of carboxylic acid groups (broad SMARTS) is 1. The maximum Gasteiger partial charge on any atom is 0.317 e. The number of carbonyl (C=O) groups is 2. The van der Waals surface area contributed by atoms with Gasteiger partial charge in [0.1, 0.15) is 0 Å². The van der Waals surface area contributed by atoms with E-state index in [1.807, 2.05) is 4.90 Å². The Morgan fingerprint density at radius 3 is 2.57 bits per heavy atom. The molecule has 0 radical (unpaired) electrons. The van der Waals surface area contributed by atoms with Gasteiger partial charge in [0.05, 0.1) is 5.92 Å². The van der Waals surface area contributed by atoms with E-state index in [-0.39, 0.29) is 17.9 Å². The summed E-state index contributed by atoms with van der Waals surface area (Å²) in [5, 5.41) is 12.1. The Labute approximate surface area is 125 Å². The second-order valence-electron chi connectivity index (χ2n) is 6.21. The number of likely N-dealkylation sites (tertiary alicyclic amines) is 1. The number of ether oxygens (including phenoxy) is 1. The van der Waals surface area contributed by atoms with E-state index < -0.39 is 5.97 Å². The first kappa shape index (κ1) is 16.1. The second kappa shape index (κ2) is 7.64. The Balaban J connectivity index is 1.71. The molecular formula is C15H26N2O4. The van der Waals surface area contributed by atoms with Crippen LogP contribution in [0, 0.1) is 17.8 Å². The maximum atomic E-state index is 12.1. The van der Waals surface area contributed by atoms with E-state index in [1.54, 1.807) is 7.11 Å². The molecule has 0 aromatic heterocycles. The van der Waals surface area contributed by atoms with E-state index in [9.17, 15) is 9.59 Å². The minimum Gasteiger partial charge on any atom is -0.481 e. The van der Waals surface area contributed by atoms with Crippen molar-refractivity contribution in [2.75, 3.05) is 33.4 Å². The highest BCUT2D eigenvalue weighted by Gasteiger charge is 2.33. The van der Waals surface area contributed by atoms with Crippen molar-refractivity contribution in [2.24, 2.45) is 17.8 Å². The van der Waals surface area contributed by atoms with E-state index in [2.05, 4.69) is 5.32 Å². The van der Waals surface area contributed by atoms with Crippen molar-refractivity contribution in [1.82, 2.24) is 10.2 Å². The van der Waals surface area contributed by atoms with Crippen LogP contribution >= 0.6 is 0 Å². The number of methoxy groups -OCH3 is 1. The number of rotatable bonds is 5. The molecule has 0 bridgehead atoms. The number of carbonyl (C=O) groups excluding carboxylic acids is 1. The highest BCUT2D eigenvalue weighted by atomic mass is 16.5. The molecule has 0 aromatic rings. The summed E-state index contributed by atoms with van der Waals surface area (Å²) in [6, 6.07) is -0.0538. The van der Waals surface area contributed by atoms with Gasteiger partial charge in [-0.2, -0.15) is 0 Å². The van der Waals surface area contributed by atoms with Gasteiger partial charge in [-0.3, -0.25) is 4.79 Å². The summed E-state index contributed by atoms with van der Waals surface area (Å²) in [6.45, 7) is 2.76. The van der Waals surface area contributed by atoms with Gasteiger partial charge in [0.2, 0.25) is 0 Å². The third-order valence-electron chi connectivity index (χ3n) is 4.80. The summed E-state index contributed by atoms with van der Waals surface area (Å²) in [6.07, 6.45) is 4.52. The molecule has 6 heteroatoms. The summed E-state index contributed by atoms with van der Waals surface area (Å²) in [5.74, 6) is -0.396. The minimum atomic E-state index is -0.730. The van der Waals surface area contributed by atoms with Gasteiger partial charge in [-0.05, 0) is 37.5 Å². The normalized spacial score (nSPS) is 26.8. The summed E-state index contributed by atoms with van der Waals surface area (Å²) in [4.78, 5) is 25.1. The lowest BCUT2D eigenvalue weighted by Gasteiger charge is -2.32. The minimum absolute atomic E-state index is 0.0538. The lowest BCUT2D eigenvalue weighted by Crippen LogP contribution is -2.46. The van der Waals surface area contributed by atoms with Gasteiger partial charge < -0.3 is 20.1 Å². The second-order valence-corrected chi connectivity index (χ2v) is 6.21. The number of nitrogens with one attached hydrogen (secondary N) is 1. The van der Waals surface area contributed by atoms with Gasteiger partial charge in [-0.25, -0.2) is 4.79 Å². The third kappa shape index (κ3) is 4.33. The molecule has 1 saturated carbocycles. The molecule has 1 aliphatic carbocycles. The first-order valence-electron chi connectivity index (χ1n) is 7.86. The summed E-state index contributed by atoms with van der Waals surface area (Å²) in [7, 11) is 1.71. The van der Waals surface area contributed by atoms with Crippen LogP contribution in [0.4, 0.5) is 4.79 Å². The summed E-state index contributed by atoms with van der Waals surface area (Å²) in [5.41, 5.74) is 0. The zero-order valence-electron chi connectivity index (χ0n) is 12.7. The van der Waals surface area contributed by atoms with Crippen molar-refractivity contribution in [2.45, 2.75) is 32.1 Å². The molecule has 2 fully saturated rings. The van der Waals surface area contributed by atoms with E-state index in [4.69, 9.17) is 9.84 Å². The number of nitrogens with zero attached hydrogens (tertiary/aromatic N) is 1. The predicted octanol–water partition coefficient (Wildman–Crippen LogP) is 1.56. The fourth-order valence-electron chi connectivity index (χ4n) is 3.47. The Bertz CT molecular complexity index is 367. The maximum absolute atomic E-state index is 12.1. The van der Waals surface area contributed by atoms with Crippen LogP contribution in [-0.4, -0.2) is 55.4 Å². The topological polar surface area (TPSA) is 78.9 Å². The number of hydrogen-bond acceptors (Lipinski definition) is 3. The first-order valence-corrected chi connectivity index (χ1v) is 7.86. The van der Waals surface area contributed by atoms with Crippen molar-refractivity contribution in [3.8, 4) is 0 Å². The van der Waals surface area contributed by atoms with Gasteiger partial charge in [0.15, 0.2) is 0 Å². The van der Waals surface area contributed by atoms with Crippen LogP contribution in [0.2, 0.25) is 0 Å². The van der Waals surface area contributed by atoms with Crippen LogP contribution in [0.3, 0.4) is 0 Å². The molecule has 0 spiro atoms. The fraction of sp³-hybridized carbons (Fsp3) is 0.867. The average molecular weight is 298 g/mol. The number of piperidine rings is 1. The van der Waals surface area contributed by atoms with Crippen LogP contribution < -0.4 is 5.32 Å². The SMILES string of the molecule is COCC1CCN(C(=O)NCC2CCCC2C(=O)O)CC1. The largest absolute Gasteiger partial charge is 0.481 e. The molecule has 2 amide bonds. The number of carboxylic acids is 1. The van der Waals surface area contributed by atoms with Gasteiger partial charge in [-0.1, -0.05) is 6.42 Å². The fourth-order valence-corrected chi connectivity index (χ4v) is 3.47. The van der Waals surface area contributed by atoms with E-state index in [0.717, 1.165) is 51.8 Å². The van der Waals surface area contributed by atoms with Gasteiger partial charge in [-0.15, -0.1) is 0 Å². The number of urea groups is 1. The summed E-state index contributed by atoms with van der Waals surface area (Å²) >= 11 is 0. The van der Waals surface area contributed by atoms with E-state index in [1.165, 1.54) is 0 Å². The lowest BCUT2D eigenvalue weighted by atomic mass is 9.96. The zero-order chi connectivity index (χ0) is 15.2. The van der Waals surface area contributed by atoms with Crippen LogP contribution in [0.25, 0.3) is 0 Å².